The Kier molecular flexibility index (Phi) is 2.22. The fourth-order valence-electron chi connectivity index (χ4n) is 0.939. The van der Waals surface area contributed by atoms with E-state index in [0.29, 0.717) is 9.26 Å². The molecule has 0 aliphatic carbocycles. The Morgan fingerprint density at radius 1 is 1.45 bits per heavy atom. The van der Waals surface area contributed by atoms with Crippen LogP contribution in [0.1, 0.15) is 26.3 Å². The lowest BCUT2D eigenvalue weighted by Crippen LogP contribution is -2.13. The van der Waals surface area contributed by atoms with Crippen LogP contribution in [0.4, 0.5) is 4.39 Å². The smallest absolute Gasteiger partial charge is 0.213 e. The lowest BCUT2D eigenvalue weighted by molar-refractivity contribution is 0.505. The number of aromatic amines is 1. The zero-order valence-electron chi connectivity index (χ0n) is 6.70. The minimum absolute atomic E-state index is 0.173. The molecule has 0 bridgehead atoms. The van der Waals surface area contributed by atoms with Gasteiger partial charge in [0.2, 0.25) is 5.95 Å². The van der Waals surface area contributed by atoms with E-state index in [9.17, 15) is 4.39 Å². The highest BCUT2D eigenvalue weighted by molar-refractivity contribution is 14.1. The number of nitrogens with one attached hydrogen (secondary N) is 1. The summed E-state index contributed by atoms with van der Waals surface area (Å²) in [5, 5.41) is 6.09. The van der Waals surface area contributed by atoms with Crippen LogP contribution < -0.4 is 0 Å². The van der Waals surface area contributed by atoms with Crippen LogP contribution in [0.15, 0.2) is 0 Å². The normalized spacial score (nSPS) is 12.1. The number of H-pyrrole nitrogens is 1. The molecule has 0 radical (unpaired) electrons. The molecule has 0 aromatic carbocycles. The highest BCUT2D eigenvalue weighted by atomic mass is 127. The monoisotopic (exact) mass is 268 g/mol. The largest absolute Gasteiger partial charge is 0.252 e. The average Bonchev–Trinajstić information content (AvgIpc) is 2.08. The molecular formula is C7H10FIN2. The number of hydrogen-bond acceptors (Lipinski definition) is 1. The molecule has 1 heterocycles. The first-order valence-electron chi connectivity index (χ1n) is 3.33. The average molecular weight is 268 g/mol. The molecule has 0 aliphatic rings. The minimum Gasteiger partial charge on any atom is -0.252 e. The Morgan fingerprint density at radius 2 is 2.00 bits per heavy atom. The van der Waals surface area contributed by atoms with Gasteiger partial charge in [0.15, 0.2) is 0 Å². The zero-order valence-corrected chi connectivity index (χ0v) is 8.86. The second-order valence-electron chi connectivity index (χ2n) is 3.45. The quantitative estimate of drug-likeness (QED) is 0.719. The highest BCUT2D eigenvalue weighted by Crippen LogP contribution is 2.27. The standard InChI is InChI=1S/C7H10FIN2/c1-7(2,3)4-5(8)10-11-6(4)9/h1-3H3,(H,10,11). The van der Waals surface area contributed by atoms with E-state index >= 15 is 0 Å². The first kappa shape index (κ1) is 8.96. The molecule has 0 atom stereocenters. The fraction of sp³-hybridized carbons (Fsp3) is 0.571. The summed E-state index contributed by atoms with van der Waals surface area (Å²) in [5.41, 5.74) is 0.492. The Morgan fingerprint density at radius 3 is 2.18 bits per heavy atom. The van der Waals surface area contributed by atoms with Gasteiger partial charge >= 0.3 is 0 Å². The summed E-state index contributed by atoms with van der Waals surface area (Å²) < 4.78 is 13.7. The van der Waals surface area contributed by atoms with Crippen molar-refractivity contribution >= 4 is 22.6 Å². The van der Waals surface area contributed by atoms with Crippen molar-refractivity contribution in [3.63, 3.8) is 0 Å². The van der Waals surface area contributed by atoms with E-state index < -0.39 is 0 Å². The van der Waals surface area contributed by atoms with E-state index in [-0.39, 0.29) is 11.4 Å². The predicted octanol–water partition coefficient (Wildman–Crippen LogP) is 2.45. The number of hydrogen-bond donors (Lipinski definition) is 1. The van der Waals surface area contributed by atoms with E-state index in [2.05, 4.69) is 10.2 Å². The second-order valence-corrected chi connectivity index (χ2v) is 4.48. The molecule has 62 valence electrons. The number of nitrogens with zero attached hydrogens (tertiary/aromatic N) is 1. The van der Waals surface area contributed by atoms with Crippen LogP contribution in [0.5, 0.6) is 0 Å². The number of rotatable bonds is 0. The Balaban J connectivity index is 3.21. The molecule has 4 heteroatoms. The van der Waals surface area contributed by atoms with E-state index in [1.165, 1.54) is 0 Å². The van der Waals surface area contributed by atoms with Crippen molar-refractivity contribution in [2.24, 2.45) is 0 Å². The predicted molar refractivity (Wildman–Crippen MR) is 50.0 cm³/mol. The first-order chi connectivity index (χ1) is 4.93. The lowest BCUT2D eigenvalue weighted by atomic mass is 9.89. The van der Waals surface area contributed by atoms with Crippen molar-refractivity contribution in [2.45, 2.75) is 26.2 Å². The molecule has 1 aromatic heterocycles. The molecule has 0 spiro atoms. The van der Waals surface area contributed by atoms with Gasteiger partial charge in [-0.3, -0.25) is 5.10 Å². The lowest BCUT2D eigenvalue weighted by Gasteiger charge is -2.16. The third kappa shape index (κ3) is 1.72. The van der Waals surface area contributed by atoms with Crippen LogP contribution in [0, 0.1) is 9.65 Å². The fourth-order valence-corrected chi connectivity index (χ4v) is 2.11. The molecule has 1 N–H and O–H groups in total. The molecule has 0 fully saturated rings. The summed E-state index contributed by atoms with van der Waals surface area (Å²) in [4.78, 5) is 0. The van der Waals surface area contributed by atoms with Gasteiger partial charge in [0, 0.05) is 5.56 Å². The van der Waals surface area contributed by atoms with E-state index in [0.717, 1.165) is 0 Å². The Hall–Kier alpha value is -0.130. The maximum absolute atomic E-state index is 13.0. The molecule has 11 heavy (non-hydrogen) atoms. The van der Waals surface area contributed by atoms with E-state index in [4.69, 9.17) is 0 Å². The van der Waals surface area contributed by atoms with Crippen LogP contribution in [-0.4, -0.2) is 10.2 Å². The van der Waals surface area contributed by atoms with Crippen LogP contribution in [0.3, 0.4) is 0 Å². The third-order valence-corrected chi connectivity index (χ3v) is 2.21. The zero-order chi connectivity index (χ0) is 8.65. The third-order valence-electron chi connectivity index (χ3n) is 1.43. The van der Waals surface area contributed by atoms with E-state index in [1.54, 1.807) is 0 Å². The van der Waals surface area contributed by atoms with Gasteiger partial charge in [0.05, 0.1) is 0 Å². The van der Waals surface area contributed by atoms with Crippen molar-refractivity contribution in [3.05, 3.63) is 15.2 Å². The van der Waals surface area contributed by atoms with Crippen molar-refractivity contribution in [1.29, 1.82) is 0 Å². The summed E-state index contributed by atoms with van der Waals surface area (Å²) in [6.07, 6.45) is 0. The van der Waals surface area contributed by atoms with Gasteiger partial charge in [0.1, 0.15) is 3.70 Å². The van der Waals surface area contributed by atoms with Crippen LogP contribution in [0.25, 0.3) is 0 Å². The molecule has 0 amide bonds. The Labute approximate surface area is 78.7 Å². The SMILES string of the molecule is CC(C)(C)c1c(I)n[nH]c1F. The number of aromatic nitrogens is 2. The summed E-state index contributed by atoms with van der Waals surface area (Å²) in [7, 11) is 0. The topological polar surface area (TPSA) is 28.7 Å². The molecule has 1 aromatic rings. The summed E-state index contributed by atoms with van der Waals surface area (Å²) in [6.45, 7) is 5.88. The van der Waals surface area contributed by atoms with Crippen molar-refractivity contribution in [3.8, 4) is 0 Å². The number of halogens is 2. The summed E-state index contributed by atoms with van der Waals surface area (Å²) >= 11 is 2.02. The van der Waals surface area contributed by atoms with Crippen LogP contribution in [-0.2, 0) is 5.41 Å². The second kappa shape index (κ2) is 2.73. The van der Waals surface area contributed by atoms with Gasteiger partial charge < -0.3 is 0 Å². The van der Waals surface area contributed by atoms with Gasteiger partial charge in [-0.2, -0.15) is 9.49 Å². The minimum atomic E-state index is -0.318. The summed E-state index contributed by atoms with van der Waals surface area (Å²) in [6, 6.07) is 0. The van der Waals surface area contributed by atoms with Crippen LogP contribution >= 0.6 is 22.6 Å². The van der Waals surface area contributed by atoms with Gasteiger partial charge in [-0.1, -0.05) is 20.8 Å². The van der Waals surface area contributed by atoms with Gasteiger partial charge in [-0.15, -0.1) is 0 Å². The van der Waals surface area contributed by atoms with Gasteiger partial charge in [0.25, 0.3) is 0 Å². The molecule has 1 rings (SSSR count). The molecule has 0 aliphatic heterocycles. The van der Waals surface area contributed by atoms with Crippen molar-refractivity contribution < 1.29 is 4.39 Å². The van der Waals surface area contributed by atoms with E-state index in [1.807, 2.05) is 43.4 Å². The molecule has 0 unspecified atom stereocenters. The van der Waals surface area contributed by atoms with Crippen molar-refractivity contribution in [1.82, 2.24) is 10.2 Å². The highest BCUT2D eigenvalue weighted by Gasteiger charge is 2.23. The summed E-state index contributed by atoms with van der Waals surface area (Å²) in [5.74, 6) is -0.318. The molecular weight excluding hydrogens is 258 g/mol. The maximum Gasteiger partial charge on any atom is 0.213 e. The molecule has 2 nitrogen and oxygen atoms in total. The van der Waals surface area contributed by atoms with Crippen molar-refractivity contribution in [2.75, 3.05) is 0 Å². The first-order valence-corrected chi connectivity index (χ1v) is 4.40. The van der Waals surface area contributed by atoms with Gasteiger partial charge in [-0.25, -0.2) is 0 Å². The molecule has 0 saturated carbocycles. The Bertz CT molecular complexity index is 242. The van der Waals surface area contributed by atoms with Crippen LogP contribution in [0.2, 0.25) is 0 Å². The maximum atomic E-state index is 13.0. The van der Waals surface area contributed by atoms with Gasteiger partial charge in [-0.05, 0) is 28.0 Å². The molecule has 0 saturated heterocycles.